The molecular weight excluding hydrogens is 362 g/mol. The highest BCUT2D eigenvalue weighted by molar-refractivity contribution is 6.31. The second-order valence-electron chi connectivity index (χ2n) is 6.96. The monoisotopic (exact) mass is 381 g/mol. The number of nitrogens with zero attached hydrogens (tertiary/aromatic N) is 2. The maximum Gasteiger partial charge on any atom is 0.261 e. The summed E-state index contributed by atoms with van der Waals surface area (Å²) in [6, 6.07) is 13.0. The number of hydrogen-bond acceptors (Lipinski definition) is 3. The molecule has 1 aromatic heterocycles. The van der Waals surface area contributed by atoms with Gasteiger partial charge in [0.15, 0.2) is 0 Å². The van der Waals surface area contributed by atoms with Gasteiger partial charge in [0, 0.05) is 29.6 Å². The van der Waals surface area contributed by atoms with Crippen molar-refractivity contribution in [3.05, 3.63) is 69.2 Å². The van der Waals surface area contributed by atoms with Crippen LogP contribution in [0.5, 0.6) is 0 Å². The van der Waals surface area contributed by atoms with Gasteiger partial charge in [-0.05, 0) is 49.6 Å². The average Bonchev–Trinajstić information content (AvgIpc) is 3.48. The molecule has 0 atom stereocenters. The summed E-state index contributed by atoms with van der Waals surface area (Å²) in [5, 5.41) is 4.11. The summed E-state index contributed by atoms with van der Waals surface area (Å²) in [4.78, 5) is 30.0. The molecule has 2 aromatic carbocycles. The van der Waals surface area contributed by atoms with Crippen LogP contribution in [0, 0.1) is 6.92 Å². The van der Waals surface area contributed by atoms with Crippen molar-refractivity contribution in [2.45, 2.75) is 38.6 Å². The van der Waals surface area contributed by atoms with Gasteiger partial charge in [0.2, 0.25) is 5.91 Å². The lowest BCUT2D eigenvalue weighted by Gasteiger charge is -2.13. The fraction of sp³-hybridized carbons (Fsp3) is 0.286. The zero-order valence-corrected chi connectivity index (χ0v) is 15.8. The van der Waals surface area contributed by atoms with Crippen molar-refractivity contribution in [3.63, 3.8) is 0 Å². The maximum absolute atomic E-state index is 12.9. The lowest BCUT2D eigenvalue weighted by atomic mass is 10.2. The highest BCUT2D eigenvalue weighted by atomic mass is 35.5. The zero-order chi connectivity index (χ0) is 19.0. The van der Waals surface area contributed by atoms with Crippen LogP contribution < -0.4 is 10.9 Å². The quantitative estimate of drug-likeness (QED) is 0.718. The van der Waals surface area contributed by atoms with E-state index in [4.69, 9.17) is 11.6 Å². The number of carbonyl (C=O) groups is 1. The number of benzene rings is 2. The van der Waals surface area contributed by atoms with Gasteiger partial charge in [-0.2, -0.15) is 0 Å². The molecule has 0 spiro atoms. The summed E-state index contributed by atoms with van der Waals surface area (Å²) in [7, 11) is 0. The highest BCUT2D eigenvalue weighted by Crippen LogP contribution is 2.35. The van der Waals surface area contributed by atoms with Gasteiger partial charge in [-0.15, -0.1) is 0 Å². The molecule has 4 rings (SSSR count). The van der Waals surface area contributed by atoms with E-state index in [2.05, 4.69) is 10.3 Å². The minimum atomic E-state index is -0.120. The van der Waals surface area contributed by atoms with E-state index in [0.29, 0.717) is 33.9 Å². The lowest BCUT2D eigenvalue weighted by Crippen LogP contribution is -2.25. The first-order valence-electron chi connectivity index (χ1n) is 9.09. The third kappa shape index (κ3) is 3.74. The van der Waals surface area contributed by atoms with E-state index < -0.39 is 0 Å². The Kier molecular flexibility index (Phi) is 4.70. The molecule has 5 nitrogen and oxygen atoms in total. The van der Waals surface area contributed by atoms with Crippen molar-refractivity contribution >= 4 is 34.1 Å². The topological polar surface area (TPSA) is 64.0 Å². The molecule has 27 heavy (non-hydrogen) atoms. The number of halogens is 1. The van der Waals surface area contributed by atoms with Gasteiger partial charge in [0.05, 0.1) is 10.9 Å². The zero-order valence-electron chi connectivity index (χ0n) is 15.0. The van der Waals surface area contributed by atoms with E-state index in [0.717, 1.165) is 18.4 Å². The van der Waals surface area contributed by atoms with Crippen LogP contribution in [-0.4, -0.2) is 15.5 Å². The summed E-state index contributed by atoms with van der Waals surface area (Å²) in [5.74, 6) is 0.560. The highest BCUT2D eigenvalue weighted by Gasteiger charge is 2.28. The third-order valence-electron chi connectivity index (χ3n) is 4.84. The molecule has 1 saturated carbocycles. The molecule has 138 valence electrons. The van der Waals surface area contributed by atoms with Gasteiger partial charge in [0.1, 0.15) is 5.82 Å². The molecule has 0 unspecified atom stereocenters. The first kappa shape index (κ1) is 17.7. The van der Waals surface area contributed by atoms with Gasteiger partial charge >= 0.3 is 0 Å². The molecule has 1 fully saturated rings. The van der Waals surface area contributed by atoms with E-state index >= 15 is 0 Å². The van der Waals surface area contributed by atoms with Crippen molar-refractivity contribution in [2.75, 3.05) is 5.32 Å². The molecule has 1 amide bonds. The summed E-state index contributed by atoms with van der Waals surface area (Å²) in [6.07, 6.45) is 2.65. The Labute approximate surface area is 162 Å². The number of carbonyl (C=O) groups excluding carboxylic acids is 1. The molecule has 1 heterocycles. The van der Waals surface area contributed by atoms with Gasteiger partial charge in [-0.1, -0.05) is 29.8 Å². The van der Waals surface area contributed by atoms with Crippen LogP contribution in [0.1, 0.15) is 36.7 Å². The van der Waals surface area contributed by atoms with E-state index in [1.54, 1.807) is 16.7 Å². The Balaban J connectivity index is 1.56. The number of aryl methyl sites for hydroxylation is 2. The number of fused-ring (bicyclic) bond motifs is 1. The molecule has 0 radical (unpaired) electrons. The molecule has 3 aromatic rings. The van der Waals surface area contributed by atoms with Crippen molar-refractivity contribution in [3.8, 4) is 0 Å². The normalized spacial score (nSPS) is 13.7. The fourth-order valence-corrected chi connectivity index (χ4v) is 3.42. The fourth-order valence-electron chi connectivity index (χ4n) is 3.24. The molecule has 1 aliphatic carbocycles. The number of aromatic nitrogens is 2. The van der Waals surface area contributed by atoms with E-state index in [1.165, 1.54) is 0 Å². The van der Waals surface area contributed by atoms with Crippen molar-refractivity contribution < 1.29 is 4.79 Å². The van der Waals surface area contributed by atoms with Crippen LogP contribution in [0.2, 0.25) is 5.02 Å². The van der Waals surface area contributed by atoms with Gasteiger partial charge in [-0.25, -0.2) is 4.98 Å². The van der Waals surface area contributed by atoms with Crippen LogP contribution in [-0.2, 0) is 11.2 Å². The number of hydrogen-bond donors (Lipinski definition) is 1. The Bertz CT molecular complexity index is 1090. The molecule has 0 saturated heterocycles. The maximum atomic E-state index is 12.9. The van der Waals surface area contributed by atoms with Gasteiger partial charge in [-0.3, -0.25) is 14.2 Å². The molecule has 0 bridgehead atoms. The van der Waals surface area contributed by atoms with Crippen molar-refractivity contribution in [1.82, 2.24) is 9.55 Å². The minimum Gasteiger partial charge on any atom is -0.326 e. The van der Waals surface area contributed by atoms with E-state index in [9.17, 15) is 9.59 Å². The Morgan fingerprint density at radius 3 is 2.81 bits per heavy atom. The number of para-hydroxylation sites is 1. The van der Waals surface area contributed by atoms with Gasteiger partial charge < -0.3 is 5.32 Å². The third-order valence-corrected chi connectivity index (χ3v) is 5.08. The minimum absolute atomic E-state index is 0.0100. The molecule has 1 N–H and O–H groups in total. The SMILES string of the molecule is Cc1ccc(Cl)cc1NC(=O)CCc1nc2ccccc2c(=O)n1C1CC1. The first-order chi connectivity index (χ1) is 13.0. The smallest absolute Gasteiger partial charge is 0.261 e. The predicted octanol–water partition coefficient (Wildman–Crippen LogP) is 4.26. The molecule has 6 heteroatoms. The van der Waals surface area contributed by atoms with E-state index in [-0.39, 0.29) is 23.9 Å². The summed E-state index contributed by atoms with van der Waals surface area (Å²) in [5.41, 5.74) is 2.33. The van der Waals surface area contributed by atoms with Crippen molar-refractivity contribution in [2.24, 2.45) is 0 Å². The average molecular weight is 382 g/mol. The summed E-state index contributed by atoms with van der Waals surface area (Å²) in [6.45, 7) is 1.92. The summed E-state index contributed by atoms with van der Waals surface area (Å²) < 4.78 is 1.78. The number of nitrogens with one attached hydrogen (secondary N) is 1. The Morgan fingerprint density at radius 1 is 1.26 bits per heavy atom. The van der Waals surface area contributed by atoms with Crippen LogP contribution in [0.4, 0.5) is 5.69 Å². The standard InChI is InChI=1S/C21H20ClN3O2/c1-13-6-7-14(22)12-18(13)24-20(26)11-10-19-23-17-5-3-2-4-16(17)21(27)25(19)15-8-9-15/h2-7,12,15H,8-11H2,1H3,(H,24,26). The Morgan fingerprint density at radius 2 is 2.04 bits per heavy atom. The lowest BCUT2D eigenvalue weighted by molar-refractivity contribution is -0.116. The molecule has 1 aliphatic rings. The largest absolute Gasteiger partial charge is 0.326 e. The van der Waals surface area contributed by atoms with Gasteiger partial charge in [0.25, 0.3) is 5.56 Å². The number of rotatable bonds is 5. The second kappa shape index (κ2) is 7.16. The first-order valence-corrected chi connectivity index (χ1v) is 9.47. The van der Waals surface area contributed by atoms with Crippen LogP contribution in [0.3, 0.4) is 0 Å². The van der Waals surface area contributed by atoms with Crippen LogP contribution >= 0.6 is 11.6 Å². The van der Waals surface area contributed by atoms with Crippen LogP contribution in [0.15, 0.2) is 47.3 Å². The summed E-state index contributed by atoms with van der Waals surface area (Å²) >= 11 is 6.01. The van der Waals surface area contributed by atoms with E-state index in [1.807, 2.05) is 37.3 Å². The molecular formula is C21H20ClN3O2. The number of anilines is 1. The molecule has 0 aliphatic heterocycles. The van der Waals surface area contributed by atoms with Crippen molar-refractivity contribution in [1.29, 1.82) is 0 Å². The second-order valence-corrected chi connectivity index (χ2v) is 7.40. The Hall–Kier alpha value is -2.66. The predicted molar refractivity (Wildman–Crippen MR) is 107 cm³/mol. The number of amides is 1. The van der Waals surface area contributed by atoms with Crippen LogP contribution in [0.25, 0.3) is 10.9 Å².